The van der Waals surface area contributed by atoms with Crippen molar-refractivity contribution in [3.8, 4) is 5.75 Å². The molecule has 1 fully saturated rings. The van der Waals surface area contributed by atoms with Gasteiger partial charge in [-0.1, -0.05) is 6.07 Å². The second-order valence-corrected chi connectivity index (χ2v) is 5.78. The second-order valence-electron chi connectivity index (χ2n) is 5.78. The molecule has 0 bridgehead atoms. The lowest BCUT2D eigenvalue weighted by atomic mass is 9.92. The van der Waals surface area contributed by atoms with Crippen molar-refractivity contribution < 1.29 is 23.8 Å². The Balaban J connectivity index is 1.94. The molecule has 2 rings (SSSR count). The zero-order chi connectivity index (χ0) is 17.0. The number of methoxy groups -OCH3 is 1. The highest BCUT2D eigenvalue weighted by molar-refractivity contribution is 5.85. The van der Waals surface area contributed by atoms with E-state index in [9.17, 15) is 19.1 Å². The number of nitrogens with two attached hydrogens (primary N) is 1. The SMILES string of the molecule is COc1ccc(CCC(=O)N2CCCC(O)(C(N)=O)C2)cc1F. The molecule has 23 heavy (non-hydrogen) atoms. The standard InChI is InChI=1S/C16H21FN2O4/c1-23-13-5-3-11(9-12(13)17)4-6-14(20)19-8-2-7-16(22,10-19)15(18)21/h3,5,9,22H,2,4,6-8,10H2,1H3,(H2,18,21). The molecule has 2 amide bonds. The highest BCUT2D eigenvalue weighted by Gasteiger charge is 2.39. The fraction of sp³-hybridized carbons (Fsp3) is 0.500. The number of halogens is 1. The lowest BCUT2D eigenvalue weighted by Gasteiger charge is -2.37. The van der Waals surface area contributed by atoms with Gasteiger partial charge in [0.1, 0.15) is 0 Å². The number of benzene rings is 1. The third-order valence-electron chi connectivity index (χ3n) is 4.13. The normalized spacial score (nSPS) is 21.1. The highest BCUT2D eigenvalue weighted by atomic mass is 19.1. The van der Waals surface area contributed by atoms with E-state index in [0.29, 0.717) is 24.9 Å². The number of aryl methyl sites for hydroxylation is 1. The summed E-state index contributed by atoms with van der Waals surface area (Å²) in [7, 11) is 1.39. The molecule has 1 aliphatic rings. The first-order valence-corrected chi connectivity index (χ1v) is 7.48. The van der Waals surface area contributed by atoms with Gasteiger partial charge in [-0.05, 0) is 37.0 Å². The van der Waals surface area contributed by atoms with Gasteiger partial charge in [0, 0.05) is 13.0 Å². The number of nitrogens with zero attached hydrogens (tertiary/aromatic N) is 1. The van der Waals surface area contributed by atoms with Gasteiger partial charge in [-0.25, -0.2) is 4.39 Å². The average molecular weight is 324 g/mol. The second kappa shape index (κ2) is 6.95. The number of amides is 2. The molecule has 126 valence electrons. The fourth-order valence-electron chi connectivity index (χ4n) is 2.72. The molecular weight excluding hydrogens is 303 g/mol. The average Bonchev–Trinajstić information content (AvgIpc) is 2.52. The first kappa shape index (κ1) is 17.2. The number of β-amino-alcohol motifs (C(OH)–C–C–N with tert-alkyl or cyclic N) is 1. The van der Waals surface area contributed by atoms with Crippen LogP contribution in [-0.4, -0.2) is 47.6 Å². The van der Waals surface area contributed by atoms with Gasteiger partial charge in [0.25, 0.3) is 5.91 Å². The van der Waals surface area contributed by atoms with Crippen LogP contribution in [0.2, 0.25) is 0 Å². The van der Waals surface area contributed by atoms with E-state index in [4.69, 9.17) is 10.5 Å². The lowest BCUT2D eigenvalue weighted by Crippen LogP contribution is -2.57. The van der Waals surface area contributed by atoms with Gasteiger partial charge in [0.05, 0.1) is 13.7 Å². The van der Waals surface area contributed by atoms with E-state index in [1.165, 1.54) is 24.1 Å². The molecule has 0 radical (unpaired) electrons. The van der Waals surface area contributed by atoms with E-state index in [1.807, 2.05) is 0 Å². The Morgan fingerprint density at radius 2 is 2.22 bits per heavy atom. The number of ether oxygens (including phenoxy) is 1. The summed E-state index contributed by atoms with van der Waals surface area (Å²) in [5, 5.41) is 10.1. The van der Waals surface area contributed by atoms with Crippen LogP contribution in [0.25, 0.3) is 0 Å². The maximum absolute atomic E-state index is 13.6. The Hall–Kier alpha value is -2.15. The molecule has 1 aromatic rings. The van der Waals surface area contributed by atoms with Gasteiger partial charge in [-0.3, -0.25) is 9.59 Å². The number of carbonyl (C=O) groups excluding carboxylic acids is 2. The van der Waals surface area contributed by atoms with E-state index >= 15 is 0 Å². The number of aliphatic hydroxyl groups is 1. The van der Waals surface area contributed by atoms with E-state index in [1.54, 1.807) is 6.07 Å². The molecule has 7 heteroatoms. The van der Waals surface area contributed by atoms with Crippen LogP contribution in [0.3, 0.4) is 0 Å². The summed E-state index contributed by atoms with van der Waals surface area (Å²) in [6, 6.07) is 4.55. The van der Waals surface area contributed by atoms with Gasteiger partial charge in [-0.2, -0.15) is 0 Å². The predicted octanol–water partition coefficient (Wildman–Crippen LogP) is 0.606. The summed E-state index contributed by atoms with van der Waals surface area (Å²) in [6.07, 6.45) is 1.31. The Labute approximate surface area is 134 Å². The Morgan fingerprint density at radius 1 is 1.48 bits per heavy atom. The minimum Gasteiger partial charge on any atom is -0.494 e. The van der Waals surface area contributed by atoms with E-state index in [-0.39, 0.29) is 31.0 Å². The molecule has 0 saturated carbocycles. The zero-order valence-electron chi connectivity index (χ0n) is 13.0. The highest BCUT2D eigenvalue weighted by Crippen LogP contribution is 2.22. The molecule has 1 aromatic carbocycles. The number of primary amides is 1. The van der Waals surface area contributed by atoms with Crippen molar-refractivity contribution in [2.24, 2.45) is 5.73 Å². The van der Waals surface area contributed by atoms with Crippen LogP contribution in [0.1, 0.15) is 24.8 Å². The molecule has 3 N–H and O–H groups in total. The van der Waals surface area contributed by atoms with E-state index in [2.05, 4.69) is 0 Å². The van der Waals surface area contributed by atoms with Crippen molar-refractivity contribution in [1.82, 2.24) is 4.90 Å². The number of likely N-dealkylation sites (tertiary alicyclic amines) is 1. The van der Waals surface area contributed by atoms with Gasteiger partial charge in [0.2, 0.25) is 5.91 Å². The molecular formula is C16H21FN2O4. The van der Waals surface area contributed by atoms with Crippen molar-refractivity contribution in [2.75, 3.05) is 20.2 Å². The molecule has 1 heterocycles. The van der Waals surface area contributed by atoms with E-state index in [0.717, 1.165) is 0 Å². The van der Waals surface area contributed by atoms with E-state index < -0.39 is 17.3 Å². The van der Waals surface area contributed by atoms with Crippen LogP contribution in [0.5, 0.6) is 5.75 Å². The quantitative estimate of drug-likeness (QED) is 0.830. The van der Waals surface area contributed by atoms with Crippen LogP contribution in [0.4, 0.5) is 4.39 Å². The van der Waals surface area contributed by atoms with Crippen LogP contribution in [0, 0.1) is 5.82 Å². The Morgan fingerprint density at radius 3 is 2.83 bits per heavy atom. The van der Waals surface area contributed by atoms with Gasteiger partial charge >= 0.3 is 0 Å². The third-order valence-corrected chi connectivity index (χ3v) is 4.13. The van der Waals surface area contributed by atoms with Crippen molar-refractivity contribution in [3.63, 3.8) is 0 Å². The first-order valence-electron chi connectivity index (χ1n) is 7.48. The van der Waals surface area contributed by atoms with Crippen molar-refractivity contribution in [3.05, 3.63) is 29.6 Å². The summed E-state index contributed by atoms with van der Waals surface area (Å²) in [6.45, 7) is 0.392. The van der Waals surface area contributed by atoms with Crippen LogP contribution in [0.15, 0.2) is 18.2 Å². The minimum absolute atomic E-state index is 0.0852. The van der Waals surface area contributed by atoms with Crippen LogP contribution in [-0.2, 0) is 16.0 Å². The molecule has 0 aliphatic carbocycles. The minimum atomic E-state index is -1.65. The number of hydrogen-bond acceptors (Lipinski definition) is 4. The Bertz CT molecular complexity index is 608. The third kappa shape index (κ3) is 3.98. The first-order chi connectivity index (χ1) is 10.9. The molecule has 1 saturated heterocycles. The molecule has 1 unspecified atom stereocenters. The monoisotopic (exact) mass is 324 g/mol. The number of carbonyl (C=O) groups is 2. The topological polar surface area (TPSA) is 92.9 Å². The van der Waals surface area contributed by atoms with Gasteiger partial charge in [-0.15, -0.1) is 0 Å². The maximum Gasteiger partial charge on any atom is 0.251 e. The summed E-state index contributed by atoms with van der Waals surface area (Å²) in [4.78, 5) is 25.0. The summed E-state index contributed by atoms with van der Waals surface area (Å²) >= 11 is 0. The molecule has 1 aliphatic heterocycles. The number of piperidine rings is 1. The molecule has 6 nitrogen and oxygen atoms in total. The van der Waals surface area contributed by atoms with Crippen LogP contribution < -0.4 is 10.5 Å². The zero-order valence-corrected chi connectivity index (χ0v) is 13.0. The summed E-state index contributed by atoms with van der Waals surface area (Å²) < 4.78 is 18.5. The lowest BCUT2D eigenvalue weighted by molar-refractivity contribution is -0.148. The van der Waals surface area contributed by atoms with Crippen molar-refractivity contribution in [2.45, 2.75) is 31.3 Å². The largest absolute Gasteiger partial charge is 0.494 e. The summed E-state index contributed by atoms with van der Waals surface area (Å²) in [5.74, 6) is -1.33. The predicted molar refractivity (Wildman–Crippen MR) is 81.2 cm³/mol. The fourth-order valence-corrected chi connectivity index (χ4v) is 2.72. The van der Waals surface area contributed by atoms with Gasteiger partial charge in [0.15, 0.2) is 17.2 Å². The van der Waals surface area contributed by atoms with Gasteiger partial charge < -0.3 is 20.5 Å². The summed E-state index contributed by atoms with van der Waals surface area (Å²) in [5.41, 5.74) is 4.22. The van der Waals surface area contributed by atoms with Crippen molar-refractivity contribution >= 4 is 11.8 Å². The smallest absolute Gasteiger partial charge is 0.251 e. The Kier molecular flexibility index (Phi) is 5.20. The van der Waals surface area contributed by atoms with Crippen molar-refractivity contribution in [1.29, 1.82) is 0 Å². The number of rotatable bonds is 5. The molecule has 0 aromatic heterocycles. The van der Waals surface area contributed by atoms with Crippen LogP contribution >= 0.6 is 0 Å². The molecule has 0 spiro atoms. The maximum atomic E-state index is 13.6. The molecule has 1 atom stereocenters. The number of hydrogen-bond donors (Lipinski definition) is 2.